The van der Waals surface area contributed by atoms with E-state index in [4.69, 9.17) is 0 Å². The van der Waals surface area contributed by atoms with E-state index in [9.17, 15) is 4.79 Å². The van der Waals surface area contributed by atoms with E-state index in [0.717, 1.165) is 25.4 Å². The summed E-state index contributed by atoms with van der Waals surface area (Å²) in [5.74, 6) is 1.27. The second-order valence-corrected chi connectivity index (χ2v) is 7.09. The Kier molecular flexibility index (Phi) is 3.14. The summed E-state index contributed by atoms with van der Waals surface area (Å²) < 4.78 is 0. The van der Waals surface area contributed by atoms with Crippen LogP contribution in [0, 0.1) is 16.7 Å². The molecule has 2 nitrogen and oxygen atoms in total. The van der Waals surface area contributed by atoms with E-state index in [1.165, 1.54) is 6.42 Å². The predicted molar refractivity (Wildman–Crippen MR) is 70.9 cm³/mol. The average Bonchev–Trinajstić information content (AvgIpc) is 2.83. The Bertz CT molecular complexity index is 317. The van der Waals surface area contributed by atoms with Crippen molar-refractivity contribution in [2.75, 3.05) is 13.1 Å². The van der Waals surface area contributed by atoms with Gasteiger partial charge in [0.1, 0.15) is 5.78 Å². The van der Waals surface area contributed by atoms with Crippen LogP contribution in [-0.2, 0) is 4.79 Å². The van der Waals surface area contributed by atoms with Crippen LogP contribution in [0.2, 0.25) is 0 Å². The molecule has 1 heterocycles. The van der Waals surface area contributed by atoms with Crippen LogP contribution in [0.3, 0.4) is 0 Å². The number of hydrogen-bond acceptors (Lipinski definition) is 2. The third-order valence-electron chi connectivity index (χ3n) is 4.92. The van der Waals surface area contributed by atoms with Gasteiger partial charge < -0.3 is 0 Å². The molecule has 2 rings (SSSR count). The van der Waals surface area contributed by atoms with E-state index >= 15 is 0 Å². The van der Waals surface area contributed by atoms with Gasteiger partial charge in [0, 0.05) is 13.0 Å². The fourth-order valence-corrected chi connectivity index (χ4v) is 3.95. The minimum Gasteiger partial charge on any atom is -0.298 e. The van der Waals surface area contributed by atoms with E-state index < -0.39 is 0 Å². The minimum absolute atomic E-state index is 0.220. The number of nitrogens with zero attached hydrogens (tertiary/aromatic N) is 1. The first-order valence-electron chi connectivity index (χ1n) is 7.11. The van der Waals surface area contributed by atoms with E-state index in [0.29, 0.717) is 23.0 Å². The summed E-state index contributed by atoms with van der Waals surface area (Å²) in [6.45, 7) is 13.4. The Morgan fingerprint density at radius 2 is 1.94 bits per heavy atom. The number of hydrogen-bond donors (Lipinski definition) is 0. The molecule has 0 bridgehead atoms. The van der Waals surface area contributed by atoms with Gasteiger partial charge in [0.2, 0.25) is 0 Å². The van der Waals surface area contributed by atoms with Crippen LogP contribution in [0.25, 0.3) is 0 Å². The number of ketones is 1. The van der Waals surface area contributed by atoms with Crippen molar-refractivity contribution in [3.8, 4) is 0 Å². The van der Waals surface area contributed by atoms with Crippen LogP contribution in [0.1, 0.15) is 53.9 Å². The number of Topliss-reactive ketones (excluding diaryl/α,β-unsaturated/α-hetero) is 1. The van der Waals surface area contributed by atoms with Crippen molar-refractivity contribution >= 4 is 5.78 Å². The number of likely N-dealkylation sites (N-methyl/N-ethyl adjacent to an activating group) is 1. The van der Waals surface area contributed by atoms with Crippen molar-refractivity contribution in [3.63, 3.8) is 0 Å². The Labute approximate surface area is 106 Å². The van der Waals surface area contributed by atoms with Gasteiger partial charge in [-0.15, -0.1) is 0 Å². The highest BCUT2D eigenvalue weighted by Gasteiger charge is 2.63. The second-order valence-electron chi connectivity index (χ2n) is 7.09. The maximum Gasteiger partial charge on any atom is 0.149 e. The second kappa shape index (κ2) is 4.08. The summed E-state index contributed by atoms with van der Waals surface area (Å²) in [5.41, 5.74) is 0.882. The molecule has 2 aliphatic rings. The molecule has 0 radical (unpaired) electrons. The zero-order valence-electron chi connectivity index (χ0n) is 12.0. The van der Waals surface area contributed by atoms with Crippen molar-refractivity contribution in [3.05, 3.63) is 0 Å². The lowest BCUT2D eigenvalue weighted by Gasteiger charge is -2.22. The SMILES string of the molecule is CCC(=O)[C@@H]1C[C@@]2(CC2C(C)(C)C)CN1CC. The predicted octanol–water partition coefficient (Wildman–Crippen LogP) is 3.11. The van der Waals surface area contributed by atoms with Gasteiger partial charge in [-0.3, -0.25) is 9.69 Å². The topological polar surface area (TPSA) is 20.3 Å². The summed E-state index contributed by atoms with van der Waals surface area (Å²) in [5, 5.41) is 0. The lowest BCUT2D eigenvalue weighted by molar-refractivity contribution is -0.123. The van der Waals surface area contributed by atoms with Gasteiger partial charge in [-0.1, -0.05) is 34.6 Å². The molecule has 98 valence electrons. The first kappa shape index (κ1) is 13.1. The molecule has 2 fully saturated rings. The minimum atomic E-state index is 0.220. The van der Waals surface area contributed by atoms with Crippen LogP contribution in [-0.4, -0.2) is 29.8 Å². The molecule has 0 N–H and O–H groups in total. The quantitative estimate of drug-likeness (QED) is 0.751. The molecule has 1 saturated carbocycles. The van der Waals surface area contributed by atoms with Crippen molar-refractivity contribution in [1.82, 2.24) is 4.90 Å². The Balaban J connectivity index is 2.09. The fraction of sp³-hybridized carbons (Fsp3) is 0.933. The Hall–Kier alpha value is -0.370. The van der Waals surface area contributed by atoms with E-state index in [1.807, 2.05) is 6.92 Å². The molecule has 1 unspecified atom stereocenters. The van der Waals surface area contributed by atoms with Crippen LogP contribution in [0.15, 0.2) is 0 Å². The van der Waals surface area contributed by atoms with Crippen molar-refractivity contribution in [2.24, 2.45) is 16.7 Å². The highest BCUT2D eigenvalue weighted by atomic mass is 16.1. The van der Waals surface area contributed by atoms with Crippen LogP contribution >= 0.6 is 0 Å². The largest absolute Gasteiger partial charge is 0.298 e. The zero-order valence-corrected chi connectivity index (χ0v) is 12.0. The molecule has 17 heavy (non-hydrogen) atoms. The maximum atomic E-state index is 12.0. The molecule has 1 aliphatic heterocycles. The molecule has 0 aromatic carbocycles. The van der Waals surface area contributed by atoms with Gasteiger partial charge in [-0.05, 0) is 36.1 Å². The van der Waals surface area contributed by atoms with Crippen LogP contribution in [0.4, 0.5) is 0 Å². The first-order valence-corrected chi connectivity index (χ1v) is 7.11. The zero-order chi connectivity index (χ0) is 12.8. The molecule has 1 aliphatic carbocycles. The average molecular weight is 237 g/mol. The smallest absolute Gasteiger partial charge is 0.149 e. The van der Waals surface area contributed by atoms with Gasteiger partial charge in [0.25, 0.3) is 0 Å². The van der Waals surface area contributed by atoms with Gasteiger partial charge >= 0.3 is 0 Å². The third-order valence-corrected chi connectivity index (χ3v) is 4.92. The van der Waals surface area contributed by atoms with Gasteiger partial charge in [0.15, 0.2) is 0 Å². The molecule has 0 aromatic heterocycles. The fourth-order valence-electron chi connectivity index (χ4n) is 3.95. The highest BCUT2D eigenvalue weighted by molar-refractivity contribution is 5.84. The van der Waals surface area contributed by atoms with E-state index in [-0.39, 0.29) is 6.04 Å². The van der Waals surface area contributed by atoms with Crippen molar-refractivity contribution in [2.45, 2.75) is 59.9 Å². The van der Waals surface area contributed by atoms with Crippen LogP contribution < -0.4 is 0 Å². The lowest BCUT2D eigenvalue weighted by Crippen LogP contribution is -2.35. The van der Waals surface area contributed by atoms with Gasteiger partial charge in [0.05, 0.1) is 6.04 Å². The molecule has 3 atom stereocenters. The van der Waals surface area contributed by atoms with E-state index in [2.05, 4.69) is 32.6 Å². The summed E-state index contributed by atoms with van der Waals surface area (Å²) in [7, 11) is 0. The standard InChI is InChI=1S/C15H27NO/c1-6-12(17)11-8-15(10-16(11)7-2)9-13(15)14(3,4)5/h11,13H,6-10H2,1-5H3/t11-,13?,15+/m0/s1. The lowest BCUT2D eigenvalue weighted by atomic mass is 9.83. The number of likely N-dealkylation sites (tertiary alicyclic amines) is 1. The molecular weight excluding hydrogens is 210 g/mol. The monoisotopic (exact) mass is 237 g/mol. The van der Waals surface area contributed by atoms with E-state index in [1.54, 1.807) is 0 Å². The Morgan fingerprint density at radius 3 is 2.35 bits per heavy atom. The third kappa shape index (κ3) is 2.16. The van der Waals surface area contributed by atoms with Crippen molar-refractivity contribution in [1.29, 1.82) is 0 Å². The normalized spacial score (nSPS) is 37.7. The molecular formula is C15H27NO. The number of carbonyl (C=O) groups is 1. The summed E-state index contributed by atoms with van der Waals surface area (Å²) in [4.78, 5) is 14.4. The summed E-state index contributed by atoms with van der Waals surface area (Å²) >= 11 is 0. The first-order chi connectivity index (χ1) is 7.84. The molecule has 0 aromatic rings. The molecule has 2 heteroatoms. The Morgan fingerprint density at radius 1 is 1.29 bits per heavy atom. The highest BCUT2D eigenvalue weighted by Crippen LogP contribution is 2.66. The number of rotatable bonds is 3. The number of carbonyl (C=O) groups excluding carboxylic acids is 1. The summed E-state index contributed by atoms with van der Waals surface area (Å²) in [6.07, 6.45) is 3.15. The van der Waals surface area contributed by atoms with Crippen molar-refractivity contribution < 1.29 is 4.79 Å². The van der Waals surface area contributed by atoms with Crippen LogP contribution in [0.5, 0.6) is 0 Å². The van der Waals surface area contributed by atoms with Gasteiger partial charge in [-0.2, -0.15) is 0 Å². The molecule has 0 amide bonds. The van der Waals surface area contributed by atoms with Gasteiger partial charge in [-0.25, -0.2) is 0 Å². The molecule has 1 saturated heterocycles. The maximum absolute atomic E-state index is 12.0. The summed E-state index contributed by atoms with van der Waals surface area (Å²) in [6, 6.07) is 0.220. The molecule has 1 spiro atoms.